The third-order valence-corrected chi connectivity index (χ3v) is 6.12. The van der Waals surface area contributed by atoms with Gasteiger partial charge in [0.25, 0.3) is 5.91 Å². The zero-order valence-corrected chi connectivity index (χ0v) is 17.0. The normalized spacial score (nSPS) is 23.8. The Labute approximate surface area is 162 Å². The van der Waals surface area contributed by atoms with Gasteiger partial charge in [-0.2, -0.15) is 0 Å². The van der Waals surface area contributed by atoms with Gasteiger partial charge < -0.3 is 24.0 Å². The van der Waals surface area contributed by atoms with E-state index in [1.165, 1.54) is 25.7 Å². The Morgan fingerprint density at radius 3 is 2.19 bits per heavy atom. The molecule has 2 fully saturated rings. The number of amides is 1. The molecule has 1 amide bonds. The summed E-state index contributed by atoms with van der Waals surface area (Å²) in [4.78, 5) is 16.7. The van der Waals surface area contributed by atoms with E-state index >= 15 is 0 Å². The molecular formula is C21H33N2O4+. The average molecular weight is 378 g/mol. The quantitative estimate of drug-likeness (QED) is 0.848. The highest BCUT2D eigenvalue weighted by Crippen LogP contribution is 2.38. The van der Waals surface area contributed by atoms with E-state index in [1.807, 2.05) is 4.90 Å². The first-order chi connectivity index (χ1) is 13.1. The minimum absolute atomic E-state index is 0.0327. The standard InChI is InChI=1S/C21H32N2O4/c1-15-6-5-7-17(12-15)22-8-10-23(11-9-22)21(24)16-13-18(25-2)20(27-4)19(14-16)26-3/h13-15,17H,5-12H2,1-4H3/p+1. The summed E-state index contributed by atoms with van der Waals surface area (Å²) in [7, 11) is 4.70. The maximum absolute atomic E-state index is 13.0. The van der Waals surface area contributed by atoms with Crippen LogP contribution in [0.2, 0.25) is 0 Å². The zero-order chi connectivity index (χ0) is 19.4. The third kappa shape index (κ3) is 4.32. The number of carbonyl (C=O) groups excluding carboxylic acids is 1. The summed E-state index contributed by atoms with van der Waals surface area (Å²) in [6.07, 6.45) is 5.38. The fourth-order valence-corrected chi connectivity index (χ4v) is 4.60. The first-order valence-corrected chi connectivity index (χ1v) is 10.0. The number of piperazine rings is 1. The topological polar surface area (TPSA) is 52.4 Å². The Balaban J connectivity index is 1.67. The van der Waals surface area contributed by atoms with Crippen molar-refractivity contribution in [2.75, 3.05) is 47.5 Å². The summed E-state index contributed by atoms with van der Waals surface area (Å²) in [6.45, 7) is 6.04. The van der Waals surface area contributed by atoms with Gasteiger partial charge in [0.1, 0.15) is 0 Å². The second-order valence-electron chi connectivity index (χ2n) is 7.83. The van der Waals surface area contributed by atoms with Gasteiger partial charge in [0.15, 0.2) is 11.5 Å². The Bertz CT molecular complexity index is 631. The molecule has 0 bridgehead atoms. The summed E-state index contributed by atoms with van der Waals surface area (Å²) >= 11 is 0. The fourth-order valence-electron chi connectivity index (χ4n) is 4.60. The van der Waals surface area contributed by atoms with Crippen LogP contribution in [0.1, 0.15) is 43.0 Å². The molecule has 1 aliphatic carbocycles. The number of ether oxygens (including phenoxy) is 3. The van der Waals surface area contributed by atoms with Gasteiger partial charge in [-0.05, 0) is 30.9 Å². The van der Waals surface area contributed by atoms with E-state index < -0.39 is 0 Å². The molecule has 2 atom stereocenters. The first-order valence-electron chi connectivity index (χ1n) is 10.0. The fraction of sp³-hybridized carbons (Fsp3) is 0.667. The lowest BCUT2D eigenvalue weighted by atomic mass is 9.86. The van der Waals surface area contributed by atoms with Crippen LogP contribution in [-0.2, 0) is 0 Å². The molecule has 0 spiro atoms. The molecule has 27 heavy (non-hydrogen) atoms. The second-order valence-corrected chi connectivity index (χ2v) is 7.83. The maximum atomic E-state index is 13.0. The highest BCUT2D eigenvalue weighted by molar-refractivity contribution is 5.95. The van der Waals surface area contributed by atoms with Crippen LogP contribution < -0.4 is 19.1 Å². The van der Waals surface area contributed by atoms with Gasteiger partial charge in [0, 0.05) is 12.0 Å². The van der Waals surface area contributed by atoms with Crippen molar-refractivity contribution in [1.82, 2.24) is 4.90 Å². The summed E-state index contributed by atoms with van der Waals surface area (Å²) in [6, 6.07) is 4.25. The molecule has 150 valence electrons. The minimum Gasteiger partial charge on any atom is -0.493 e. The smallest absolute Gasteiger partial charge is 0.254 e. The summed E-state index contributed by atoms with van der Waals surface area (Å²) in [5, 5.41) is 0. The van der Waals surface area contributed by atoms with E-state index in [-0.39, 0.29) is 5.91 Å². The van der Waals surface area contributed by atoms with Crippen molar-refractivity contribution in [3.05, 3.63) is 17.7 Å². The monoisotopic (exact) mass is 377 g/mol. The van der Waals surface area contributed by atoms with Crippen LogP contribution >= 0.6 is 0 Å². The number of methoxy groups -OCH3 is 3. The summed E-state index contributed by atoms with van der Waals surface area (Å²) < 4.78 is 16.1. The molecule has 6 nitrogen and oxygen atoms in total. The lowest BCUT2D eigenvalue weighted by Crippen LogP contribution is -3.18. The van der Waals surface area contributed by atoms with Crippen molar-refractivity contribution < 1.29 is 23.9 Å². The van der Waals surface area contributed by atoms with Crippen LogP contribution in [0.3, 0.4) is 0 Å². The van der Waals surface area contributed by atoms with Crippen LogP contribution in [0, 0.1) is 5.92 Å². The lowest BCUT2D eigenvalue weighted by Gasteiger charge is -2.39. The molecule has 1 N–H and O–H groups in total. The molecule has 1 saturated heterocycles. The van der Waals surface area contributed by atoms with Crippen LogP contribution in [0.15, 0.2) is 12.1 Å². The number of quaternary nitrogens is 1. The first kappa shape index (κ1) is 19.8. The number of benzene rings is 1. The Morgan fingerprint density at radius 2 is 1.67 bits per heavy atom. The molecule has 1 aromatic carbocycles. The van der Waals surface area contributed by atoms with Crippen molar-refractivity contribution in [3.8, 4) is 17.2 Å². The van der Waals surface area contributed by atoms with Gasteiger partial charge in [-0.25, -0.2) is 0 Å². The van der Waals surface area contributed by atoms with Crippen molar-refractivity contribution in [2.24, 2.45) is 5.92 Å². The molecule has 3 rings (SSSR count). The molecule has 6 heteroatoms. The maximum Gasteiger partial charge on any atom is 0.254 e. The van der Waals surface area contributed by atoms with Crippen molar-refractivity contribution in [2.45, 2.75) is 38.6 Å². The molecule has 1 aromatic rings. The summed E-state index contributed by atoms with van der Waals surface area (Å²) in [5.74, 6) is 2.42. The average Bonchev–Trinajstić information content (AvgIpc) is 2.72. The number of nitrogens with one attached hydrogen (secondary N) is 1. The van der Waals surface area contributed by atoms with Crippen molar-refractivity contribution >= 4 is 5.91 Å². The lowest BCUT2D eigenvalue weighted by molar-refractivity contribution is -0.930. The van der Waals surface area contributed by atoms with E-state index in [4.69, 9.17) is 14.2 Å². The zero-order valence-electron chi connectivity index (χ0n) is 17.0. The largest absolute Gasteiger partial charge is 0.493 e. The highest BCUT2D eigenvalue weighted by atomic mass is 16.5. The van der Waals surface area contributed by atoms with Crippen LogP contribution in [-0.4, -0.2) is 64.4 Å². The SMILES string of the molecule is COc1cc(C(=O)N2CC[NH+](C3CCCC(C)C3)CC2)cc(OC)c1OC. The number of hydrogen-bond acceptors (Lipinski definition) is 4. The minimum atomic E-state index is 0.0327. The predicted octanol–water partition coefficient (Wildman–Crippen LogP) is 1.63. The van der Waals surface area contributed by atoms with Gasteiger partial charge >= 0.3 is 0 Å². The number of rotatable bonds is 5. The van der Waals surface area contributed by atoms with Crippen molar-refractivity contribution in [1.29, 1.82) is 0 Å². The number of carbonyl (C=O) groups is 1. The molecule has 1 heterocycles. The molecule has 2 unspecified atom stereocenters. The van der Waals surface area contributed by atoms with E-state index in [1.54, 1.807) is 38.4 Å². The molecule has 0 radical (unpaired) electrons. The Kier molecular flexibility index (Phi) is 6.47. The highest BCUT2D eigenvalue weighted by Gasteiger charge is 2.32. The van der Waals surface area contributed by atoms with Crippen LogP contribution in [0.4, 0.5) is 0 Å². The van der Waals surface area contributed by atoms with Gasteiger partial charge in [-0.3, -0.25) is 4.79 Å². The number of hydrogen-bond donors (Lipinski definition) is 1. The molecule has 1 saturated carbocycles. The number of nitrogens with zero attached hydrogens (tertiary/aromatic N) is 1. The van der Waals surface area contributed by atoms with Crippen LogP contribution in [0.25, 0.3) is 0 Å². The predicted molar refractivity (Wildman–Crippen MR) is 104 cm³/mol. The molecule has 2 aliphatic rings. The van der Waals surface area contributed by atoms with Gasteiger partial charge in [-0.15, -0.1) is 0 Å². The third-order valence-electron chi connectivity index (χ3n) is 6.12. The summed E-state index contributed by atoms with van der Waals surface area (Å²) in [5.41, 5.74) is 0.583. The van der Waals surface area contributed by atoms with E-state index in [9.17, 15) is 4.79 Å². The van der Waals surface area contributed by atoms with Gasteiger partial charge in [0.05, 0.1) is 53.6 Å². The molecular weight excluding hydrogens is 344 g/mol. The van der Waals surface area contributed by atoms with Crippen LogP contribution in [0.5, 0.6) is 17.2 Å². The van der Waals surface area contributed by atoms with Gasteiger partial charge in [-0.1, -0.05) is 13.3 Å². The Hall–Kier alpha value is -1.95. The van der Waals surface area contributed by atoms with E-state index in [2.05, 4.69) is 6.92 Å². The van der Waals surface area contributed by atoms with Crippen molar-refractivity contribution in [3.63, 3.8) is 0 Å². The molecule has 0 aromatic heterocycles. The van der Waals surface area contributed by atoms with E-state index in [0.29, 0.717) is 22.8 Å². The van der Waals surface area contributed by atoms with Gasteiger partial charge in [0.2, 0.25) is 5.75 Å². The second kappa shape index (κ2) is 8.83. The Morgan fingerprint density at radius 1 is 1.04 bits per heavy atom. The van der Waals surface area contributed by atoms with E-state index in [0.717, 1.165) is 38.1 Å². The molecule has 1 aliphatic heterocycles.